The van der Waals surface area contributed by atoms with E-state index in [1.54, 1.807) is 17.1 Å². The molecule has 1 atom stereocenters. The van der Waals surface area contributed by atoms with E-state index in [0.29, 0.717) is 0 Å². The Bertz CT molecular complexity index is 280. The van der Waals surface area contributed by atoms with Gasteiger partial charge in [-0.05, 0) is 11.8 Å². The highest BCUT2D eigenvalue weighted by atomic mass is 16.3. The SMILES string of the molecule is C=CC(O)C(C)(C)CCn1cncn1. The normalized spacial score (nSPS) is 13.9. The van der Waals surface area contributed by atoms with Crippen molar-refractivity contribution in [2.75, 3.05) is 0 Å². The lowest BCUT2D eigenvalue weighted by molar-refractivity contribution is 0.0791. The highest BCUT2D eigenvalue weighted by molar-refractivity contribution is 4.90. The molecule has 0 aliphatic heterocycles. The van der Waals surface area contributed by atoms with E-state index in [4.69, 9.17) is 0 Å². The molecule has 1 unspecified atom stereocenters. The summed E-state index contributed by atoms with van der Waals surface area (Å²) >= 11 is 0. The Hall–Kier alpha value is -1.16. The summed E-state index contributed by atoms with van der Waals surface area (Å²) < 4.78 is 1.76. The van der Waals surface area contributed by atoms with Crippen LogP contribution in [-0.4, -0.2) is 26.0 Å². The van der Waals surface area contributed by atoms with Crippen LogP contribution in [0.2, 0.25) is 0 Å². The topological polar surface area (TPSA) is 50.9 Å². The molecule has 1 aromatic rings. The third-order valence-electron chi connectivity index (χ3n) is 2.48. The lowest BCUT2D eigenvalue weighted by Crippen LogP contribution is -2.28. The quantitative estimate of drug-likeness (QED) is 0.719. The Morgan fingerprint density at radius 1 is 1.64 bits per heavy atom. The average Bonchev–Trinajstić information content (AvgIpc) is 2.66. The van der Waals surface area contributed by atoms with E-state index in [2.05, 4.69) is 16.7 Å². The zero-order valence-electron chi connectivity index (χ0n) is 8.72. The van der Waals surface area contributed by atoms with Crippen LogP contribution in [0.1, 0.15) is 20.3 Å². The van der Waals surface area contributed by atoms with Crippen molar-refractivity contribution < 1.29 is 5.11 Å². The second kappa shape index (κ2) is 4.37. The highest BCUT2D eigenvalue weighted by Gasteiger charge is 2.25. The van der Waals surface area contributed by atoms with Crippen LogP contribution >= 0.6 is 0 Å². The minimum atomic E-state index is -0.481. The molecule has 1 heterocycles. The summed E-state index contributed by atoms with van der Waals surface area (Å²) in [5.74, 6) is 0. The Labute approximate surface area is 84.3 Å². The molecule has 4 heteroatoms. The van der Waals surface area contributed by atoms with Gasteiger partial charge in [0.2, 0.25) is 0 Å². The van der Waals surface area contributed by atoms with E-state index in [1.165, 1.54) is 6.33 Å². The zero-order valence-corrected chi connectivity index (χ0v) is 8.72. The van der Waals surface area contributed by atoms with Gasteiger partial charge in [0.15, 0.2) is 0 Å². The van der Waals surface area contributed by atoms with Crippen LogP contribution in [0, 0.1) is 5.41 Å². The van der Waals surface area contributed by atoms with E-state index in [9.17, 15) is 5.11 Å². The molecule has 14 heavy (non-hydrogen) atoms. The molecule has 1 rings (SSSR count). The van der Waals surface area contributed by atoms with Crippen molar-refractivity contribution in [2.45, 2.75) is 32.9 Å². The summed E-state index contributed by atoms with van der Waals surface area (Å²) in [7, 11) is 0. The zero-order chi connectivity index (χ0) is 10.6. The van der Waals surface area contributed by atoms with Crippen LogP contribution in [0.3, 0.4) is 0 Å². The first-order valence-electron chi connectivity index (χ1n) is 4.69. The Morgan fingerprint density at radius 2 is 2.36 bits per heavy atom. The van der Waals surface area contributed by atoms with E-state index >= 15 is 0 Å². The lowest BCUT2D eigenvalue weighted by atomic mass is 9.83. The Kier molecular flexibility index (Phi) is 3.41. The number of aliphatic hydroxyl groups is 1. The van der Waals surface area contributed by atoms with Gasteiger partial charge in [-0.15, -0.1) is 6.58 Å². The van der Waals surface area contributed by atoms with Crippen LogP contribution in [0.5, 0.6) is 0 Å². The molecule has 0 radical (unpaired) electrons. The molecule has 1 N–H and O–H groups in total. The maximum atomic E-state index is 9.65. The van der Waals surface area contributed by atoms with Crippen LogP contribution < -0.4 is 0 Å². The third kappa shape index (κ3) is 2.67. The number of aliphatic hydroxyl groups excluding tert-OH is 1. The number of aromatic nitrogens is 3. The molecule has 0 aliphatic carbocycles. The number of hydrogen-bond donors (Lipinski definition) is 1. The minimum absolute atomic E-state index is 0.173. The average molecular weight is 195 g/mol. The van der Waals surface area contributed by atoms with Crippen molar-refractivity contribution in [3.05, 3.63) is 25.3 Å². The minimum Gasteiger partial charge on any atom is -0.388 e. The monoisotopic (exact) mass is 195 g/mol. The fourth-order valence-electron chi connectivity index (χ4n) is 1.22. The van der Waals surface area contributed by atoms with Gasteiger partial charge in [-0.2, -0.15) is 5.10 Å². The van der Waals surface area contributed by atoms with Crippen LogP contribution in [-0.2, 0) is 6.54 Å². The standard InChI is InChI=1S/C10H17N3O/c1-4-9(14)10(2,3)5-6-13-8-11-7-12-13/h4,7-9,14H,1,5-6H2,2-3H3. The van der Waals surface area contributed by atoms with Crippen LogP contribution in [0.15, 0.2) is 25.3 Å². The van der Waals surface area contributed by atoms with Gasteiger partial charge in [0.05, 0.1) is 6.10 Å². The van der Waals surface area contributed by atoms with E-state index in [1.807, 2.05) is 13.8 Å². The molecule has 0 saturated heterocycles. The van der Waals surface area contributed by atoms with Gasteiger partial charge in [-0.3, -0.25) is 4.68 Å². The molecule has 0 saturated carbocycles. The number of hydrogen-bond acceptors (Lipinski definition) is 3. The number of nitrogens with zero attached hydrogens (tertiary/aromatic N) is 3. The summed E-state index contributed by atoms with van der Waals surface area (Å²) in [6.07, 6.45) is 5.11. The number of aryl methyl sites for hydroxylation is 1. The fraction of sp³-hybridized carbons (Fsp3) is 0.600. The molecule has 4 nitrogen and oxygen atoms in total. The maximum Gasteiger partial charge on any atom is 0.137 e. The molecule has 0 aromatic carbocycles. The van der Waals surface area contributed by atoms with Gasteiger partial charge in [0.25, 0.3) is 0 Å². The first kappa shape index (κ1) is 10.9. The van der Waals surface area contributed by atoms with Crippen molar-refractivity contribution in [3.63, 3.8) is 0 Å². The van der Waals surface area contributed by atoms with Crippen molar-refractivity contribution in [2.24, 2.45) is 5.41 Å². The molecule has 0 amide bonds. The molecule has 0 aliphatic rings. The summed E-state index contributed by atoms with van der Waals surface area (Å²) in [5, 5.41) is 13.7. The van der Waals surface area contributed by atoms with Crippen molar-refractivity contribution >= 4 is 0 Å². The summed E-state index contributed by atoms with van der Waals surface area (Å²) in [6.45, 7) is 8.37. The van der Waals surface area contributed by atoms with Gasteiger partial charge in [-0.1, -0.05) is 19.9 Å². The molecular weight excluding hydrogens is 178 g/mol. The van der Waals surface area contributed by atoms with E-state index < -0.39 is 6.10 Å². The number of rotatable bonds is 5. The molecule has 78 valence electrons. The first-order chi connectivity index (χ1) is 6.56. The van der Waals surface area contributed by atoms with Gasteiger partial charge < -0.3 is 5.11 Å². The third-order valence-corrected chi connectivity index (χ3v) is 2.48. The predicted octanol–water partition coefficient (Wildman–Crippen LogP) is 1.24. The Balaban J connectivity index is 2.47. The fourth-order valence-corrected chi connectivity index (χ4v) is 1.22. The largest absolute Gasteiger partial charge is 0.388 e. The molecule has 0 spiro atoms. The molecular formula is C10H17N3O. The second-order valence-corrected chi connectivity index (χ2v) is 4.08. The van der Waals surface area contributed by atoms with Crippen molar-refractivity contribution in [3.8, 4) is 0 Å². The van der Waals surface area contributed by atoms with E-state index in [0.717, 1.165) is 13.0 Å². The Morgan fingerprint density at radius 3 is 2.86 bits per heavy atom. The van der Waals surface area contributed by atoms with Gasteiger partial charge in [0, 0.05) is 6.54 Å². The maximum absolute atomic E-state index is 9.65. The van der Waals surface area contributed by atoms with Crippen molar-refractivity contribution in [1.82, 2.24) is 14.8 Å². The van der Waals surface area contributed by atoms with Crippen LogP contribution in [0.25, 0.3) is 0 Å². The molecule has 0 bridgehead atoms. The summed E-state index contributed by atoms with van der Waals surface area (Å²) in [6, 6.07) is 0. The van der Waals surface area contributed by atoms with E-state index in [-0.39, 0.29) is 5.41 Å². The lowest BCUT2D eigenvalue weighted by Gasteiger charge is -2.28. The smallest absolute Gasteiger partial charge is 0.137 e. The van der Waals surface area contributed by atoms with Crippen LogP contribution in [0.4, 0.5) is 0 Å². The molecule has 0 fully saturated rings. The first-order valence-corrected chi connectivity index (χ1v) is 4.69. The van der Waals surface area contributed by atoms with Gasteiger partial charge in [0.1, 0.15) is 12.7 Å². The molecule has 1 aromatic heterocycles. The highest BCUT2D eigenvalue weighted by Crippen LogP contribution is 2.26. The van der Waals surface area contributed by atoms with Crippen molar-refractivity contribution in [1.29, 1.82) is 0 Å². The predicted molar refractivity (Wildman–Crippen MR) is 54.6 cm³/mol. The van der Waals surface area contributed by atoms with Gasteiger partial charge in [-0.25, -0.2) is 4.98 Å². The summed E-state index contributed by atoms with van der Waals surface area (Å²) in [5.41, 5.74) is -0.173. The summed E-state index contributed by atoms with van der Waals surface area (Å²) in [4.78, 5) is 3.86. The van der Waals surface area contributed by atoms with Gasteiger partial charge >= 0.3 is 0 Å². The second-order valence-electron chi connectivity index (χ2n) is 4.08.